The van der Waals surface area contributed by atoms with Crippen molar-refractivity contribution in [3.05, 3.63) is 27.8 Å². The highest BCUT2D eigenvalue weighted by Gasteiger charge is 2.33. The summed E-state index contributed by atoms with van der Waals surface area (Å²) in [6.07, 6.45) is 1.10. The molecule has 0 spiro atoms. The Hall–Kier alpha value is -1.15. The number of aliphatic carboxylic acids is 1. The number of amides is 1. The minimum absolute atomic E-state index is 0.208. The van der Waals surface area contributed by atoms with Crippen molar-refractivity contribution < 1.29 is 19.4 Å². The third-order valence-corrected chi connectivity index (χ3v) is 4.22. The molecule has 2 rings (SSSR count). The minimum Gasteiger partial charge on any atom is -0.481 e. The van der Waals surface area contributed by atoms with Crippen LogP contribution in [0.5, 0.6) is 0 Å². The number of para-hydroxylation sites is 1. The summed E-state index contributed by atoms with van der Waals surface area (Å²) >= 11 is 2.13. The topological polar surface area (TPSA) is 75.6 Å². The van der Waals surface area contributed by atoms with E-state index >= 15 is 0 Å². The smallest absolute Gasteiger partial charge is 0.304 e. The van der Waals surface area contributed by atoms with E-state index in [1.807, 2.05) is 18.2 Å². The molecule has 0 radical (unpaired) electrons. The second-order valence-corrected chi connectivity index (χ2v) is 5.89. The molecule has 0 unspecified atom stereocenters. The largest absolute Gasteiger partial charge is 0.481 e. The molecule has 6 heteroatoms. The van der Waals surface area contributed by atoms with E-state index in [4.69, 9.17) is 9.84 Å². The van der Waals surface area contributed by atoms with E-state index in [0.717, 1.165) is 16.4 Å². The van der Waals surface area contributed by atoms with Crippen molar-refractivity contribution in [3.63, 3.8) is 0 Å². The number of ether oxygens (including phenoxy) is 1. The average Bonchev–Trinajstić information content (AvgIpc) is 2.92. The third-order valence-electron chi connectivity index (χ3n) is 3.28. The number of halogens is 1. The van der Waals surface area contributed by atoms with Gasteiger partial charge in [0.1, 0.15) is 0 Å². The van der Waals surface area contributed by atoms with Crippen LogP contribution in [0.4, 0.5) is 5.69 Å². The van der Waals surface area contributed by atoms with Crippen molar-refractivity contribution in [1.29, 1.82) is 0 Å². The first-order valence-electron chi connectivity index (χ1n) is 6.46. The minimum atomic E-state index is -0.983. The monoisotopic (exact) mass is 389 g/mol. The average molecular weight is 389 g/mol. The van der Waals surface area contributed by atoms with Gasteiger partial charge in [-0.05, 0) is 47.6 Å². The molecule has 0 aromatic heterocycles. The molecule has 0 aliphatic carbocycles. The van der Waals surface area contributed by atoms with E-state index in [2.05, 4.69) is 27.9 Å². The van der Waals surface area contributed by atoms with Crippen molar-refractivity contribution >= 4 is 40.2 Å². The number of hydrogen-bond acceptors (Lipinski definition) is 3. The summed E-state index contributed by atoms with van der Waals surface area (Å²) in [5, 5.41) is 11.8. The van der Waals surface area contributed by atoms with Gasteiger partial charge in [0.25, 0.3) is 0 Å². The maximum absolute atomic E-state index is 12.3. The fraction of sp³-hybridized carbons (Fsp3) is 0.429. The summed E-state index contributed by atoms with van der Waals surface area (Å²) in [4.78, 5) is 23.3. The molecule has 1 amide bonds. The molecule has 2 atom stereocenters. The van der Waals surface area contributed by atoms with E-state index in [9.17, 15) is 9.59 Å². The van der Waals surface area contributed by atoms with Gasteiger partial charge >= 0.3 is 5.97 Å². The molecule has 108 valence electrons. The number of carbonyl (C=O) groups excluding carboxylic acids is 1. The molecule has 1 saturated heterocycles. The van der Waals surface area contributed by atoms with Crippen LogP contribution in [-0.4, -0.2) is 29.7 Å². The van der Waals surface area contributed by atoms with Crippen LogP contribution in [0.1, 0.15) is 19.3 Å². The van der Waals surface area contributed by atoms with E-state index < -0.39 is 11.9 Å². The highest BCUT2D eigenvalue weighted by atomic mass is 127. The van der Waals surface area contributed by atoms with Gasteiger partial charge in [0, 0.05) is 10.2 Å². The molecule has 2 N–H and O–H groups in total. The molecule has 1 aromatic carbocycles. The van der Waals surface area contributed by atoms with Gasteiger partial charge in [-0.2, -0.15) is 0 Å². The van der Waals surface area contributed by atoms with Crippen molar-refractivity contribution in [3.8, 4) is 0 Å². The van der Waals surface area contributed by atoms with E-state index in [-0.39, 0.29) is 18.4 Å². The molecule has 0 bridgehead atoms. The Labute approximate surface area is 130 Å². The first-order chi connectivity index (χ1) is 9.58. The highest BCUT2D eigenvalue weighted by Crippen LogP contribution is 2.25. The van der Waals surface area contributed by atoms with Gasteiger partial charge in [-0.15, -0.1) is 0 Å². The third kappa shape index (κ3) is 3.92. The molecule has 5 nitrogen and oxygen atoms in total. The molecule has 1 fully saturated rings. The van der Waals surface area contributed by atoms with Crippen LogP contribution in [0, 0.1) is 9.49 Å². The molecular formula is C14H16INO4. The van der Waals surface area contributed by atoms with E-state index in [1.54, 1.807) is 6.07 Å². The number of nitrogens with one attached hydrogen (secondary N) is 1. The molecule has 1 aliphatic heterocycles. The van der Waals surface area contributed by atoms with Gasteiger partial charge < -0.3 is 15.2 Å². The summed E-state index contributed by atoms with van der Waals surface area (Å²) in [6, 6.07) is 7.39. The summed E-state index contributed by atoms with van der Waals surface area (Å²) in [5.74, 6) is -1.92. The first kappa shape index (κ1) is 15.2. The lowest BCUT2D eigenvalue weighted by atomic mass is 9.95. The molecule has 20 heavy (non-hydrogen) atoms. The van der Waals surface area contributed by atoms with Crippen molar-refractivity contribution in [2.75, 3.05) is 11.9 Å². The summed E-state index contributed by atoms with van der Waals surface area (Å²) < 4.78 is 6.40. The van der Waals surface area contributed by atoms with Gasteiger partial charge in [-0.3, -0.25) is 9.59 Å². The second kappa shape index (κ2) is 7.03. The van der Waals surface area contributed by atoms with Gasteiger partial charge in [-0.25, -0.2) is 0 Å². The van der Waals surface area contributed by atoms with Crippen molar-refractivity contribution in [2.24, 2.45) is 5.92 Å². The number of carbonyl (C=O) groups is 2. The molecule has 1 aromatic rings. The van der Waals surface area contributed by atoms with Crippen LogP contribution in [-0.2, 0) is 14.3 Å². The van der Waals surface area contributed by atoms with Crippen LogP contribution < -0.4 is 5.32 Å². The number of carboxylic acid groups (broad SMARTS) is 1. The standard InChI is InChI=1S/C14H16INO4/c15-10-4-1-2-5-11(10)16-14(19)9(8-13(17)18)12-6-3-7-20-12/h1-2,4-5,9,12H,3,6-8H2,(H,16,19)(H,17,18)/t9-,12+/m1/s1. The Morgan fingerprint density at radius 2 is 2.20 bits per heavy atom. The van der Waals surface area contributed by atoms with Gasteiger partial charge in [-0.1, -0.05) is 12.1 Å². The van der Waals surface area contributed by atoms with Crippen LogP contribution in [0.3, 0.4) is 0 Å². The lowest BCUT2D eigenvalue weighted by molar-refractivity contribution is -0.142. The van der Waals surface area contributed by atoms with Crippen LogP contribution in [0.25, 0.3) is 0 Å². The molecular weight excluding hydrogens is 373 g/mol. The zero-order valence-corrected chi connectivity index (χ0v) is 13.0. The highest BCUT2D eigenvalue weighted by molar-refractivity contribution is 14.1. The number of benzene rings is 1. The Morgan fingerprint density at radius 1 is 1.45 bits per heavy atom. The Morgan fingerprint density at radius 3 is 2.80 bits per heavy atom. The number of carboxylic acids is 1. The Bertz CT molecular complexity index is 500. The Balaban J connectivity index is 2.09. The fourth-order valence-corrected chi connectivity index (χ4v) is 2.81. The zero-order chi connectivity index (χ0) is 14.5. The molecule has 1 aliphatic rings. The first-order valence-corrected chi connectivity index (χ1v) is 7.54. The second-order valence-electron chi connectivity index (χ2n) is 4.72. The fourth-order valence-electron chi connectivity index (χ4n) is 2.29. The van der Waals surface area contributed by atoms with E-state index in [0.29, 0.717) is 12.3 Å². The van der Waals surface area contributed by atoms with Gasteiger partial charge in [0.2, 0.25) is 5.91 Å². The predicted molar refractivity (Wildman–Crippen MR) is 82.5 cm³/mol. The Kier molecular flexibility index (Phi) is 5.36. The molecule has 0 saturated carbocycles. The van der Waals surface area contributed by atoms with Crippen molar-refractivity contribution in [1.82, 2.24) is 0 Å². The lowest BCUT2D eigenvalue weighted by Gasteiger charge is -2.21. The quantitative estimate of drug-likeness (QED) is 0.759. The van der Waals surface area contributed by atoms with E-state index in [1.165, 1.54) is 0 Å². The van der Waals surface area contributed by atoms with Crippen LogP contribution in [0.2, 0.25) is 0 Å². The summed E-state index contributed by atoms with van der Waals surface area (Å²) in [5.41, 5.74) is 0.700. The lowest BCUT2D eigenvalue weighted by Crippen LogP contribution is -2.34. The number of anilines is 1. The predicted octanol–water partition coefficient (Wildman–Crippen LogP) is 2.50. The SMILES string of the molecule is O=C(O)C[C@@H](C(=O)Nc1ccccc1I)[C@@H]1CCCO1. The van der Waals surface area contributed by atoms with Crippen molar-refractivity contribution in [2.45, 2.75) is 25.4 Å². The maximum atomic E-state index is 12.3. The van der Waals surface area contributed by atoms with Gasteiger partial charge in [0.05, 0.1) is 24.1 Å². The summed E-state index contributed by atoms with van der Waals surface area (Å²) in [7, 11) is 0. The zero-order valence-electron chi connectivity index (χ0n) is 10.8. The summed E-state index contributed by atoms with van der Waals surface area (Å²) in [6.45, 7) is 0.594. The van der Waals surface area contributed by atoms with Gasteiger partial charge in [0.15, 0.2) is 0 Å². The van der Waals surface area contributed by atoms with Crippen LogP contribution in [0.15, 0.2) is 24.3 Å². The number of hydrogen-bond donors (Lipinski definition) is 2. The number of rotatable bonds is 5. The molecule has 1 heterocycles. The van der Waals surface area contributed by atoms with Crippen LogP contribution >= 0.6 is 22.6 Å². The maximum Gasteiger partial charge on any atom is 0.304 e. The normalized spacial score (nSPS) is 19.6.